The normalized spacial score (nSPS) is 47.0. The second kappa shape index (κ2) is 2.71. The summed E-state index contributed by atoms with van der Waals surface area (Å²) in [6, 6.07) is 0. The van der Waals surface area contributed by atoms with Crippen LogP contribution >= 0.6 is 0 Å². The van der Waals surface area contributed by atoms with Crippen LogP contribution in [0.3, 0.4) is 0 Å². The van der Waals surface area contributed by atoms with E-state index in [2.05, 4.69) is 18.7 Å². The summed E-state index contributed by atoms with van der Waals surface area (Å²) in [5.74, 6) is 1.42. The van der Waals surface area contributed by atoms with Crippen LogP contribution in [0.1, 0.15) is 26.7 Å². The molecule has 2 N–H and O–H groups in total. The third-order valence-electron chi connectivity index (χ3n) is 3.92. The SMILES string of the molecule is CC(C)C1(N)CN2CCC1CC2. The van der Waals surface area contributed by atoms with Crippen LogP contribution in [0.4, 0.5) is 0 Å². The first-order valence-electron chi connectivity index (χ1n) is 5.14. The smallest absolute Gasteiger partial charge is 0.0336 e. The molecule has 0 spiro atoms. The molecule has 3 aliphatic rings. The van der Waals surface area contributed by atoms with Crippen molar-refractivity contribution in [2.75, 3.05) is 19.6 Å². The van der Waals surface area contributed by atoms with Crippen molar-refractivity contribution in [1.29, 1.82) is 0 Å². The van der Waals surface area contributed by atoms with Gasteiger partial charge < -0.3 is 10.6 Å². The average Bonchev–Trinajstić information content (AvgIpc) is 2.05. The number of hydrogen-bond acceptors (Lipinski definition) is 2. The Labute approximate surface area is 75.1 Å². The molecule has 3 heterocycles. The molecule has 0 saturated carbocycles. The van der Waals surface area contributed by atoms with E-state index in [4.69, 9.17) is 5.73 Å². The van der Waals surface area contributed by atoms with Crippen molar-refractivity contribution in [3.8, 4) is 0 Å². The van der Waals surface area contributed by atoms with Gasteiger partial charge in [0.05, 0.1) is 0 Å². The van der Waals surface area contributed by atoms with E-state index in [1.807, 2.05) is 0 Å². The molecule has 0 radical (unpaired) electrons. The summed E-state index contributed by atoms with van der Waals surface area (Å²) in [6.07, 6.45) is 2.66. The van der Waals surface area contributed by atoms with Gasteiger partial charge in [-0.3, -0.25) is 0 Å². The summed E-state index contributed by atoms with van der Waals surface area (Å²) in [5.41, 5.74) is 6.57. The van der Waals surface area contributed by atoms with Crippen molar-refractivity contribution in [2.24, 2.45) is 17.6 Å². The van der Waals surface area contributed by atoms with Crippen LogP contribution < -0.4 is 5.73 Å². The van der Waals surface area contributed by atoms with Gasteiger partial charge in [0.2, 0.25) is 0 Å². The Morgan fingerprint density at radius 1 is 1.33 bits per heavy atom. The Balaban J connectivity index is 2.17. The highest BCUT2D eigenvalue weighted by Crippen LogP contribution is 2.38. The molecule has 3 saturated heterocycles. The molecule has 70 valence electrons. The molecule has 0 aromatic carbocycles. The number of rotatable bonds is 1. The first kappa shape index (κ1) is 8.52. The van der Waals surface area contributed by atoms with E-state index < -0.39 is 0 Å². The molecular weight excluding hydrogens is 148 g/mol. The molecule has 0 aromatic heterocycles. The van der Waals surface area contributed by atoms with Crippen LogP contribution in [0.25, 0.3) is 0 Å². The summed E-state index contributed by atoms with van der Waals surface area (Å²) in [7, 11) is 0. The Morgan fingerprint density at radius 2 is 1.92 bits per heavy atom. The van der Waals surface area contributed by atoms with Crippen molar-refractivity contribution >= 4 is 0 Å². The quantitative estimate of drug-likeness (QED) is 0.634. The molecular formula is C10H20N2. The predicted octanol–water partition coefficient (Wildman–Crippen LogP) is 1.07. The van der Waals surface area contributed by atoms with Gasteiger partial charge in [-0.2, -0.15) is 0 Å². The Morgan fingerprint density at radius 3 is 2.17 bits per heavy atom. The lowest BCUT2D eigenvalue weighted by Crippen LogP contribution is -2.66. The molecule has 2 heteroatoms. The van der Waals surface area contributed by atoms with Crippen LogP contribution in [0.15, 0.2) is 0 Å². The van der Waals surface area contributed by atoms with Crippen molar-refractivity contribution in [3.05, 3.63) is 0 Å². The molecule has 0 amide bonds. The predicted molar refractivity (Wildman–Crippen MR) is 50.9 cm³/mol. The van der Waals surface area contributed by atoms with Gasteiger partial charge in [0.15, 0.2) is 0 Å². The van der Waals surface area contributed by atoms with Gasteiger partial charge in [-0.1, -0.05) is 13.8 Å². The monoisotopic (exact) mass is 168 g/mol. The third-order valence-corrected chi connectivity index (χ3v) is 3.92. The van der Waals surface area contributed by atoms with E-state index in [9.17, 15) is 0 Å². The molecule has 1 atom stereocenters. The van der Waals surface area contributed by atoms with Gasteiger partial charge in [0.1, 0.15) is 0 Å². The summed E-state index contributed by atoms with van der Waals surface area (Å²) >= 11 is 0. The molecule has 2 bridgehead atoms. The summed E-state index contributed by atoms with van der Waals surface area (Å²) in [6.45, 7) is 8.24. The number of piperidine rings is 3. The zero-order chi connectivity index (χ0) is 8.77. The van der Waals surface area contributed by atoms with Crippen LogP contribution in [-0.2, 0) is 0 Å². The second-order valence-corrected chi connectivity index (χ2v) is 4.82. The first-order chi connectivity index (χ1) is 5.63. The lowest BCUT2D eigenvalue weighted by atomic mass is 9.68. The van der Waals surface area contributed by atoms with E-state index in [1.54, 1.807) is 0 Å². The van der Waals surface area contributed by atoms with Crippen LogP contribution in [0.2, 0.25) is 0 Å². The van der Waals surface area contributed by atoms with Crippen molar-refractivity contribution < 1.29 is 0 Å². The molecule has 0 aromatic rings. The maximum Gasteiger partial charge on any atom is 0.0336 e. The van der Waals surface area contributed by atoms with E-state index in [1.165, 1.54) is 25.9 Å². The van der Waals surface area contributed by atoms with Gasteiger partial charge in [0.25, 0.3) is 0 Å². The highest BCUT2D eigenvalue weighted by Gasteiger charge is 2.45. The molecule has 2 nitrogen and oxygen atoms in total. The summed E-state index contributed by atoms with van der Waals surface area (Å²) < 4.78 is 0. The minimum Gasteiger partial charge on any atom is -0.324 e. The van der Waals surface area contributed by atoms with Gasteiger partial charge in [-0.25, -0.2) is 0 Å². The highest BCUT2D eigenvalue weighted by molar-refractivity contribution is 5.03. The van der Waals surface area contributed by atoms with Gasteiger partial charge in [-0.15, -0.1) is 0 Å². The average molecular weight is 168 g/mol. The molecule has 3 rings (SSSR count). The fourth-order valence-corrected chi connectivity index (χ4v) is 2.80. The van der Waals surface area contributed by atoms with Crippen LogP contribution in [-0.4, -0.2) is 30.1 Å². The number of nitrogens with zero attached hydrogens (tertiary/aromatic N) is 1. The van der Waals surface area contributed by atoms with E-state index >= 15 is 0 Å². The van der Waals surface area contributed by atoms with E-state index in [-0.39, 0.29) is 5.54 Å². The standard InChI is InChI=1S/C10H20N2/c1-8(2)10(11)7-12-5-3-9(10)4-6-12/h8-9H,3-7,11H2,1-2H3. The maximum atomic E-state index is 6.45. The largest absolute Gasteiger partial charge is 0.324 e. The lowest BCUT2D eigenvalue weighted by molar-refractivity contribution is 0.00363. The highest BCUT2D eigenvalue weighted by atomic mass is 15.2. The maximum absolute atomic E-state index is 6.45. The van der Waals surface area contributed by atoms with Gasteiger partial charge in [-0.05, 0) is 37.8 Å². The van der Waals surface area contributed by atoms with Crippen molar-refractivity contribution in [3.63, 3.8) is 0 Å². The van der Waals surface area contributed by atoms with Crippen LogP contribution in [0, 0.1) is 11.8 Å². The Kier molecular flexibility index (Phi) is 1.92. The summed E-state index contributed by atoms with van der Waals surface area (Å²) in [4.78, 5) is 2.53. The number of hydrogen-bond donors (Lipinski definition) is 1. The number of nitrogens with two attached hydrogens (primary N) is 1. The first-order valence-corrected chi connectivity index (χ1v) is 5.14. The Bertz CT molecular complexity index is 171. The minimum absolute atomic E-state index is 0.122. The molecule has 12 heavy (non-hydrogen) atoms. The Hall–Kier alpha value is -0.0800. The van der Waals surface area contributed by atoms with E-state index in [0.29, 0.717) is 5.92 Å². The second-order valence-electron chi connectivity index (χ2n) is 4.82. The topological polar surface area (TPSA) is 29.3 Å². The van der Waals surface area contributed by atoms with Gasteiger partial charge >= 0.3 is 0 Å². The molecule has 1 unspecified atom stereocenters. The lowest BCUT2D eigenvalue weighted by Gasteiger charge is -2.53. The van der Waals surface area contributed by atoms with Crippen LogP contribution in [0.5, 0.6) is 0 Å². The fourth-order valence-electron chi connectivity index (χ4n) is 2.80. The summed E-state index contributed by atoms with van der Waals surface area (Å²) in [5, 5.41) is 0. The van der Waals surface area contributed by atoms with Crippen molar-refractivity contribution in [2.45, 2.75) is 32.2 Å². The minimum atomic E-state index is 0.122. The third kappa shape index (κ3) is 1.09. The van der Waals surface area contributed by atoms with Crippen molar-refractivity contribution in [1.82, 2.24) is 4.90 Å². The number of fused-ring (bicyclic) bond motifs is 3. The fraction of sp³-hybridized carbons (Fsp3) is 1.00. The zero-order valence-corrected chi connectivity index (χ0v) is 8.21. The van der Waals surface area contributed by atoms with E-state index in [0.717, 1.165) is 12.5 Å². The zero-order valence-electron chi connectivity index (χ0n) is 8.21. The molecule has 3 aliphatic heterocycles. The molecule has 0 aliphatic carbocycles. The van der Waals surface area contributed by atoms with Gasteiger partial charge in [0, 0.05) is 12.1 Å². The molecule has 3 fully saturated rings.